The first-order valence-corrected chi connectivity index (χ1v) is 6.70. The van der Waals surface area contributed by atoms with E-state index >= 15 is 0 Å². The zero-order valence-electron chi connectivity index (χ0n) is 10.3. The first-order valence-electron chi connectivity index (χ1n) is 5.91. The summed E-state index contributed by atoms with van der Waals surface area (Å²) in [6.45, 7) is 0.667. The zero-order valence-corrected chi connectivity index (χ0v) is 11.9. The maximum Gasteiger partial charge on any atom is 0.225 e. The number of nitrogens with two attached hydrogens (primary N) is 1. The van der Waals surface area contributed by atoms with Crippen LogP contribution in [0, 0.1) is 0 Å². The molecule has 102 valence electrons. The van der Waals surface area contributed by atoms with Gasteiger partial charge in [0.15, 0.2) is 0 Å². The van der Waals surface area contributed by atoms with Gasteiger partial charge in [0.1, 0.15) is 0 Å². The van der Waals surface area contributed by atoms with Crippen LogP contribution in [0.25, 0.3) is 0 Å². The molecule has 0 atom stereocenters. The molecule has 0 unspecified atom stereocenters. The maximum atomic E-state index is 12.0. The fraction of sp³-hybridized carbons (Fsp3) is 0.385. The number of carbonyl (C=O) groups is 2. The summed E-state index contributed by atoms with van der Waals surface area (Å²) in [7, 11) is 0. The SMILES string of the molecule is NC(=O)CC1(NC(=O)Cc2cccc(Br)c2)COC1. The van der Waals surface area contributed by atoms with Crippen LogP contribution in [0.4, 0.5) is 0 Å². The summed E-state index contributed by atoms with van der Waals surface area (Å²) >= 11 is 3.36. The van der Waals surface area contributed by atoms with Crippen LogP contribution in [0.5, 0.6) is 0 Å². The number of amides is 2. The van der Waals surface area contributed by atoms with Crippen molar-refractivity contribution in [3.05, 3.63) is 34.3 Å². The summed E-state index contributed by atoms with van der Waals surface area (Å²) in [5.74, 6) is -0.575. The molecule has 0 aromatic heterocycles. The van der Waals surface area contributed by atoms with Gasteiger partial charge in [0.2, 0.25) is 11.8 Å². The van der Waals surface area contributed by atoms with Crippen LogP contribution in [0.2, 0.25) is 0 Å². The lowest BCUT2D eigenvalue weighted by atomic mass is 9.92. The molecule has 2 rings (SSSR count). The second-order valence-electron chi connectivity index (χ2n) is 4.77. The van der Waals surface area contributed by atoms with Gasteiger partial charge in [-0.25, -0.2) is 0 Å². The largest absolute Gasteiger partial charge is 0.376 e. The van der Waals surface area contributed by atoms with E-state index in [-0.39, 0.29) is 18.7 Å². The Hall–Kier alpha value is -1.40. The van der Waals surface area contributed by atoms with Crippen molar-refractivity contribution in [1.29, 1.82) is 0 Å². The lowest BCUT2D eigenvalue weighted by Crippen LogP contribution is -2.63. The molecule has 0 spiro atoms. The summed E-state index contributed by atoms with van der Waals surface area (Å²) < 4.78 is 6.01. The molecule has 1 aliphatic rings. The third kappa shape index (κ3) is 3.78. The fourth-order valence-corrected chi connectivity index (χ4v) is 2.52. The minimum absolute atomic E-state index is 0.108. The molecule has 1 aromatic carbocycles. The highest BCUT2D eigenvalue weighted by Crippen LogP contribution is 2.21. The molecule has 1 saturated heterocycles. The van der Waals surface area contributed by atoms with E-state index in [0.29, 0.717) is 13.2 Å². The van der Waals surface area contributed by atoms with E-state index in [1.807, 2.05) is 24.3 Å². The van der Waals surface area contributed by atoms with E-state index in [9.17, 15) is 9.59 Å². The van der Waals surface area contributed by atoms with Gasteiger partial charge in [-0.05, 0) is 17.7 Å². The molecule has 0 bridgehead atoms. The molecule has 1 fully saturated rings. The van der Waals surface area contributed by atoms with Gasteiger partial charge in [-0.1, -0.05) is 28.1 Å². The molecule has 5 nitrogen and oxygen atoms in total. The molecule has 1 aliphatic heterocycles. The van der Waals surface area contributed by atoms with Gasteiger partial charge in [-0.15, -0.1) is 0 Å². The number of hydrogen-bond donors (Lipinski definition) is 2. The van der Waals surface area contributed by atoms with Crippen molar-refractivity contribution in [2.45, 2.75) is 18.4 Å². The maximum absolute atomic E-state index is 12.0. The number of benzene rings is 1. The van der Waals surface area contributed by atoms with Crippen molar-refractivity contribution in [3.63, 3.8) is 0 Å². The molecule has 1 heterocycles. The normalized spacial score (nSPS) is 16.5. The highest BCUT2D eigenvalue weighted by Gasteiger charge is 2.41. The van der Waals surface area contributed by atoms with Crippen molar-refractivity contribution in [3.8, 4) is 0 Å². The van der Waals surface area contributed by atoms with Crippen molar-refractivity contribution >= 4 is 27.7 Å². The number of ether oxygens (including phenoxy) is 1. The second-order valence-corrected chi connectivity index (χ2v) is 5.69. The molecule has 0 radical (unpaired) electrons. The molecular formula is C13H15BrN2O3. The minimum atomic E-state index is -0.616. The van der Waals surface area contributed by atoms with Crippen LogP contribution < -0.4 is 11.1 Å². The highest BCUT2D eigenvalue weighted by atomic mass is 79.9. The second kappa shape index (κ2) is 5.71. The fourth-order valence-electron chi connectivity index (χ4n) is 2.07. The number of rotatable bonds is 5. The monoisotopic (exact) mass is 326 g/mol. The predicted octanol–water partition coefficient (Wildman–Crippen LogP) is 0.752. The summed E-state index contributed by atoms with van der Waals surface area (Å²) in [6, 6.07) is 7.54. The van der Waals surface area contributed by atoms with Gasteiger partial charge in [-0.3, -0.25) is 9.59 Å². The van der Waals surface area contributed by atoms with Gasteiger partial charge >= 0.3 is 0 Å². The number of halogens is 1. The highest BCUT2D eigenvalue weighted by molar-refractivity contribution is 9.10. The Balaban J connectivity index is 1.95. The third-order valence-corrected chi connectivity index (χ3v) is 3.42. The summed E-state index contributed by atoms with van der Waals surface area (Å²) in [5, 5.41) is 2.85. The standard InChI is InChI=1S/C13H15BrN2O3/c14-10-3-1-2-9(4-10)5-12(18)16-13(6-11(15)17)7-19-8-13/h1-4H,5-8H2,(H2,15,17)(H,16,18). The predicted molar refractivity (Wildman–Crippen MR) is 73.4 cm³/mol. The molecule has 19 heavy (non-hydrogen) atoms. The Morgan fingerprint density at radius 1 is 1.42 bits per heavy atom. The van der Waals surface area contributed by atoms with Gasteiger partial charge in [0.25, 0.3) is 0 Å². The van der Waals surface area contributed by atoms with Gasteiger partial charge in [0.05, 0.1) is 31.6 Å². The third-order valence-electron chi connectivity index (χ3n) is 2.93. The van der Waals surface area contributed by atoms with Gasteiger partial charge in [0, 0.05) is 4.47 Å². The Morgan fingerprint density at radius 2 is 2.16 bits per heavy atom. The Kier molecular flexibility index (Phi) is 4.21. The average molecular weight is 327 g/mol. The van der Waals surface area contributed by atoms with Crippen molar-refractivity contribution in [2.75, 3.05) is 13.2 Å². The van der Waals surface area contributed by atoms with Crippen LogP contribution in [-0.2, 0) is 20.7 Å². The van der Waals surface area contributed by atoms with Crippen LogP contribution in [-0.4, -0.2) is 30.6 Å². The Morgan fingerprint density at radius 3 is 2.68 bits per heavy atom. The van der Waals surface area contributed by atoms with E-state index < -0.39 is 11.4 Å². The molecule has 0 aliphatic carbocycles. The summed E-state index contributed by atoms with van der Waals surface area (Å²) in [5.41, 5.74) is 5.47. The minimum Gasteiger partial charge on any atom is -0.376 e. The Labute approximate surface area is 119 Å². The van der Waals surface area contributed by atoms with Gasteiger partial charge in [-0.2, -0.15) is 0 Å². The molecule has 1 aromatic rings. The van der Waals surface area contributed by atoms with Crippen molar-refractivity contribution < 1.29 is 14.3 Å². The number of primary amides is 1. The zero-order chi connectivity index (χ0) is 13.9. The average Bonchev–Trinajstić information content (AvgIpc) is 2.25. The molecule has 3 N–H and O–H groups in total. The van der Waals surface area contributed by atoms with Crippen LogP contribution >= 0.6 is 15.9 Å². The van der Waals surface area contributed by atoms with Crippen molar-refractivity contribution in [2.24, 2.45) is 5.73 Å². The summed E-state index contributed by atoms with van der Waals surface area (Å²) in [4.78, 5) is 23.0. The van der Waals surface area contributed by atoms with E-state index in [1.165, 1.54) is 0 Å². The van der Waals surface area contributed by atoms with E-state index in [1.54, 1.807) is 0 Å². The first-order chi connectivity index (χ1) is 8.99. The number of hydrogen-bond acceptors (Lipinski definition) is 3. The van der Waals surface area contributed by atoms with Crippen LogP contribution in [0.1, 0.15) is 12.0 Å². The summed E-state index contributed by atoms with van der Waals surface area (Å²) in [6.07, 6.45) is 0.372. The molecular weight excluding hydrogens is 312 g/mol. The Bertz CT molecular complexity index is 500. The number of carbonyl (C=O) groups excluding carboxylic acids is 2. The lowest BCUT2D eigenvalue weighted by molar-refractivity contribution is -0.137. The van der Waals surface area contributed by atoms with E-state index in [0.717, 1.165) is 10.0 Å². The smallest absolute Gasteiger partial charge is 0.225 e. The topological polar surface area (TPSA) is 81.4 Å². The molecule has 6 heteroatoms. The molecule has 0 saturated carbocycles. The number of nitrogens with one attached hydrogen (secondary N) is 1. The van der Waals surface area contributed by atoms with Crippen LogP contribution in [0.15, 0.2) is 28.7 Å². The first kappa shape index (κ1) is 14.0. The van der Waals surface area contributed by atoms with E-state index in [4.69, 9.17) is 10.5 Å². The van der Waals surface area contributed by atoms with Crippen LogP contribution in [0.3, 0.4) is 0 Å². The van der Waals surface area contributed by atoms with E-state index in [2.05, 4.69) is 21.2 Å². The quantitative estimate of drug-likeness (QED) is 0.837. The molecule has 2 amide bonds. The lowest BCUT2D eigenvalue weighted by Gasteiger charge is -2.41. The van der Waals surface area contributed by atoms with Crippen molar-refractivity contribution in [1.82, 2.24) is 5.32 Å². The van der Waals surface area contributed by atoms with Gasteiger partial charge < -0.3 is 15.8 Å².